The van der Waals surface area contributed by atoms with Crippen molar-refractivity contribution < 1.29 is 9.53 Å². The minimum atomic E-state index is -0.0942. The number of carbonyl (C=O) groups is 1. The van der Waals surface area contributed by atoms with Crippen LogP contribution in [0.3, 0.4) is 0 Å². The van der Waals surface area contributed by atoms with E-state index in [9.17, 15) is 4.79 Å². The Morgan fingerprint density at radius 3 is 2.76 bits per heavy atom. The quantitative estimate of drug-likeness (QED) is 0.647. The van der Waals surface area contributed by atoms with Crippen molar-refractivity contribution in [1.82, 2.24) is 4.98 Å². The van der Waals surface area contributed by atoms with Crippen LogP contribution in [0.15, 0.2) is 42.6 Å². The summed E-state index contributed by atoms with van der Waals surface area (Å²) in [6, 6.07) is 10.3. The van der Waals surface area contributed by atoms with Crippen LogP contribution in [0.4, 0.5) is 5.69 Å². The van der Waals surface area contributed by atoms with Gasteiger partial charge in [0.25, 0.3) is 0 Å². The summed E-state index contributed by atoms with van der Waals surface area (Å²) >= 11 is 0. The smallest absolute Gasteiger partial charge is 0.219 e. The molecule has 0 aliphatic carbocycles. The highest BCUT2D eigenvalue weighted by molar-refractivity contribution is 5.97. The van der Waals surface area contributed by atoms with Gasteiger partial charge in [0.2, 0.25) is 5.88 Å². The molecule has 0 atom stereocenters. The molecule has 0 fully saturated rings. The highest BCUT2D eigenvalue weighted by Gasteiger charge is 2.10. The maximum absolute atomic E-state index is 11.5. The van der Waals surface area contributed by atoms with E-state index in [1.165, 1.54) is 6.92 Å². The number of nitrogens with two attached hydrogens (primary N) is 1. The third-order valence-electron chi connectivity index (χ3n) is 2.24. The van der Waals surface area contributed by atoms with Crippen LogP contribution in [-0.4, -0.2) is 10.8 Å². The first kappa shape index (κ1) is 11.1. The Hall–Kier alpha value is -2.36. The summed E-state index contributed by atoms with van der Waals surface area (Å²) in [7, 11) is 0. The van der Waals surface area contributed by atoms with Gasteiger partial charge in [0.15, 0.2) is 5.78 Å². The number of aromatic nitrogens is 1. The monoisotopic (exact) mass is 228 g/mol. The molecule has 2 aromatic rings. The number of pyridine rings is 1. The number of hydrogen-bond donors (Lipinski definition) is 1. The number of nitrogens with zero attached hydrogens (tertiary/aromatic N) is 1. The van der Waals surface area contributed by atoms with Gasteiger partial charge in [-0.1, -0.05) is 6.07 Å². The number of nitrogen functional groups attached to an aromatic ring is 1. The molecule has 0 amide bonds. The Bertz CT molecular complexity index is 538. The minimum Gasteiger partial charge on any atom is -0.438 e. The van der Waals surface area contributed by atoms with Crippen molar-refractivity contribution >= 4 is 11.5 Å². The van der Waals surface area contributed by atoms with Crippen LogP contribution in [0.1, 0.15) is 17.3 Å². The van der Waals surface area contributed by atoms with E-state index in [4.69, 9.17) is 10.5 Å². The number of carbonyl (C=O) groups excluding carboxylic acids is 1. The SMILES string of the molecule is CC(=O)c1cc(N)ccc1Oc1ccccn1. The summed E-state index contributed by atoms with van der Waals surface area (Å²) in [6.07, 6.45) is 1.63. The Labute approximate surface area is 99.1 Å². The molecule has 0 aliphatic rings. The first-order valence-electron chi connectivity index (χ1n) is 5.16. The molecular formula is C13H12N2O2. The second kappa shape index (κ2) is 4.65. The number of Topliss-reactive ketones (excluding diaryl/α,β-unsaturated/α-hetero) is 1. The average molecular weight is 228 g/mol. The topological polar surface area (TPSA) is 65.2 Å². The Kier molecular flexibility index (Phi) is 3.05. The van der Waals surface area contributed by atoms with Crippen LogP contribution in [0.5, 0.6) is 11.6 Å². The van der Waals surface area contributed by atoms with Gasteiger partial charge in [-0.2, -0.15) is 0 Å². The first-order chi connectivity index (χ1) is 8.16. The van der Waals surface area contributed by atoms with E-state index in [0.717, 1.165) is 0 Å². The number of benzene rings is 1. The predicted molar refractivity (Wildman–Crippen MR) is 65.2 cm³/mol. The zero-order valence-corrected chi connectivity index (χ0v) is 9.38. The third kappa shape index (κ3) is 2.60. The molecule has 0 aliphatic heterocycles. The molecule has 86 valence electrons. The lowest BCUT2D eigenvalue weighted by Gasteiger charge is -2.08. The molecule has 1 aromatic carbocycles. The Morgan fingerprint density at radius 2 is 2.12 bits per heavy atom. The number of anilines is 1. The van der Waals surface area contributed by atoms with E-state index in [1.807, 2.05) is 6.07 Å². The van der Waals surface area contributed by atoms with Gasteiger partial charge in [0.1, 0.15) is 5.75 Å². The van der Waals surface area contributed by atoms with E-state index in [1.54, 1.807) is 36.5 Å². The number of ketones is 1. The maximum atomic E-state index is 11.5. The molecule has 2 rings (SSSR count). The molecule has 1 aromatic heterocycles. The maximum Gasteiger partial charge on any atom is 0.219 e. The van der Waals surface area contributed by atoms with Crippen molar-refractivity contribution in [2.45, 2.75) is 6.92 Å². The molecule has 0 saturated carbocycles. The normalized spacial score (nSPS) is 9.94. The Morgan fingerprint density at radius 1 is 1.29 bits per heavy atom. The summed E-state index contributed by atoms with van der Waals surface area (Å²) in [4.78, 5) is 15.5. The molecule has 17 heavy (non-hydrogen) atoms. The molecule has 0 radical (unpaired) electrons. The summed E-state index contributed by atoms with van der Waals surface area (Å²) in [5.74, 6) is 0.813. The van der Waals surface area contributed by atoms with Crippen molar-refractivity contribution in [1.29, 1.82) is 0 Å². The summed E-state index contributed by atoms with van der Waals surface area (Å²) in [5.41, 5.74) is 6.62. The van der Waals surface area contributed by atoms with E-state index in [2.05, 4.69) is 4.98 Å². The van der Waals surface area contributed by atoms with Crippen LogP contribution in [-0.2, 0) is 0 Å². The number of rotatable bonds is 3. The van der Waals surface area contributed by atoms with E-state index in [-0.39, 0.29) is 5.78 Å². The molecule has 1 heterocycles. The fraction of sp³-hybridized carbons (Fsp3) is 0.0769. The van der Waals surface area contributed by atoms with Crippen LogP contribution in [0.25, 0.3) is 0 Å². The van der Waals surface area contributed by atoms with Crippen LogP contribution < -0.4 is 10.5 Å². The lowest BCUT2D eigenvalue weighted by atomic mass is 10.1. The van der Waals surface area contributed by atoms with Crippen molar-refractivity contribution in [2.24, 2.45) is 0 Å². The van der Waals surface area contributed by atoms with Crippen LogP contribution in [0, 0.1) is 0 Å². The van der Waals surface area contributed by atoms with Crippen molar-refractivity contribution in [3.8, 4) is 11.6 Å². The van der Waals surface area contributed by atoms with Crippen molar-refractivity contribution in [2.75, 3.05) is 5.73 Å². The first-order valence-corrected chi connectivity index (χ1v) is 5.16. The standard InChI is InChI=1S/C13H12N2O2/c1-9(16)11-8-10(14)5-6-12(11)17-13-4-2-3-7-15-13/h2-8H,14H2,1H3. The Balaban J connectivity index is 2.36. The summed E-state index contributed by atoms with van der Waals surface area (Å²) < 4.78 is 5.54. The predicted octanol–water partition coefficient (Wildman–Crippen LogP) is 2.66. The van der Waals surface area contributed by atoms with Crippen molar-refractivity contribution in [3.05, 3.63) is 48.2 Å². The van der Waals surface area contributed by atoms with E-state index in [0.29, 0.717) is 22.9 Å². The lowest BCUT2D eigenvalue weighted by molar-refractivity contribution is 0.101. The molecule has 0 saturated heterocycles. The zero-order valence-electron chi connectivity index (χ0n) is 9.38. The van der Waals surface area contributed by atoms with Gasteiger partial charge in [-0.3, -0.25) is 4.79 Å². The second-order valence-electron chi connectivity index (χ2n) is 3.58. The second-order valence-corrected chi connectivity index (χ2v) is 3.58. The van der Waals surface area contributed by atoms with Gasteiger partial charge in [0, 0.05) is 18.0 Å². The molecule has 2 N–H and O–H groups in total. The molecule has 0 spiro atoms. The fourth-order valence-electron chi connectivity index (χ4n) is 1.43. The van der Waals surface area contributed by atoms with Gasteiger partial charge in [-0.15, -0.1) is 0 Å². The molecule has 4 nitrogen and oxygen atoms in total. The molecule has 0 unspecified atom stereocenters. The van der Waals surface area contributed by atoms with Crippen LogP contribution in [0.2, 0.25) is 0 Å². The summed E-state index contributed by atoms with van der Waals surface area (Å²) in [5, 5.41) is 0. The van der Waals surface area contributed by atoms with Crippen molar-refractivity contribution in [3.63, 3.8) is 0 Å². The molecule has 4 heteroatoms. The van der Waals surface area contributed by atoms with Gasteiger partial charge in [-0.05, 0) is 31.2 Å². The minimum absolute atomic E-state index is 0.0942. The third-order valence-corrected chi connectivity index (χ3v) is 2.24. The molecule has 0 bridgehead atoms. The lowest BCUT2D eigenvalue weighted by Crippen LogP contribution is -1.99. The van der Waals surface area contributed by atoms with Gasteiger partial charge in [-0.25, -0.2) is 4.98 Å². The number of hydrogen-bond acceptors (Lipinski definition) is 4. The summed E-state index contributed by atoms with van der Waals surface area (Å²) in [6.45, 7) is 1.47. The van der Waals surface area contributed by atoms with E-state index < -0.39 is 0 Å². The zero-order chi connectivity index (χ0) is 12.3. The highest BCUT2D eigenvalue weighted by Crippen LogP contribution is 2.26. The molecular weight excluding hydrogens is 216 g/mol. The average Bonchev–Trinajstić information content (AvgIpc) is 2.32. The van der Waals surface area contributed by atoms with Gasteiger partial charge in [0.05, 0.1) is 5.56 Å². The fourth-order valence-corrected chi connectivity index (χ4v) is 1.43. The van der Waals surface area contributed by atoms with Crippen LogP contribution >= 0.6 is 0 Å². The van der Waals surface area contributed by atoms with E-state index >= 15 is 0 Å². The number of ether oxygens (including phenoxy) is 1. The highest BCUT2D eigenvalue weighted by atomic mass is 16.5. The van der Waals surface area contributed by atoms with Gasteiger partial charge < -0.3 is 10.5 Å². The van der Waals surface area contributed by atoms with Gasteiger partial charge >= 0.3 is 0 Å². The largest absolute Gasteiger partial charge is 0.438 e.